The Morgan fingerprint density at radius 1 is 1.50 bits per heavy atom. The first-order chi connectivity index (χ1) is 9.03. The highest BCUT2D eigenvalue weighted by molar-refractivity contribution is 7.89. The molecule has 7 heteroatoms. The second kappa shape index (κ2) is 7.04. The lowest BCUT2D eigenvalue weighted by Gasteiger charge is -2.12. The van der Waals surface area contributed by atoms with Crippen molar-refractivity contribution >= 4 is 22.4 Å². The molecule has 0 amide bonds. The summed E-state index contributed by atoms with van der Waals surface area (Å²) in [6.45, 7) is 3.96. The molecule has 1 heterocycles. The summed E-state index contributed by atoms with van der Waals surface area (Å²) in [5, 5.41) is 12.0. The maximum Gasteiger partial charge on any atom is 0.240 e. The highest BCUT2D eigenvalue weighted by Gasteiger charge is 2.20. The Balaban J connectivity index is 0.00000200. The molecular formula is C13H18ClN3O2S. The summed E-state index contributed by atoms with van der Waals surface area (Å²) in [5.74, 6) is 0.355. The molecule has 1 aliphatic rings. The second-order valence-corrected chi connectivity index (χ2v) is 6.54. The van der Waals surface area contributed by atoms with Crippen LogP contribution in [0.25, 0.3) is 0 Å². The summed E-state index contributed by atoms with van der Waals surface area (Å²) < 4.78 is 27.0. The molecule has 1 aromatic rings. The van der Waals surface area contributed by atoms with Crippen LogP contribution in [0.3, 0.4) is 0 Å². The van der Waals surface area contributed by atoms with Gasteiger partial charge < -0.3 is 5.32 Å². The minimum absolute atomic E-state index is 0. The Morgan fingerprint density at radius 2 is 2.25 bits per heavy atom. The predicted octanol–water partition coefficient (Wildman–Crippen LogP) is 1.18. The standard InChI is InChI=1S/C13H17N3O2S.ClH/c1-10-6-11(7-14)2-3-13(10)19(17,18)16-9-12-4-5-15-8-12;/h2-3,6,12,15-16H,4-5,8-9H2,1H3;1H. The third-order valence-corrected chi connectivity index (χ3v) is 4.90. The average Bonchev–Trinajstić information content (AvgIpc) is 2.89. The van der Waals surface area contributed by atoms with E-state index in [9.17, 15) is 8.42 Å². The van der Waals surface area contributed by atoms with E-state index in [1.54, 1.807) is 13.0 Å². The summed E-state index contributed by atoms with van der Waals surface area (Å²) in [5.41, 5.74) is 1.06. The smallest absolute Gasteiger partial charge is 0.240 e. The van der Waals surface area contributed by atoms with Gasteiger partial charge >= 0.3 is 0 Å². The predicted molar refractivity (Wildman–Crippen MR) is 79.3 cm³/mol. The first kappa shape index (κ1) is 16.9. The zero-order valence-corrected chi connectivity index (χ0v) is 12.9. The van der Waals surface area contributed by atoms with Crippen molar-refractivity contribution in [2.45, 2.75) is 18.2 Å². The first-order valence-electron chi connectivity index (χ1n) is 6.24. The van der Waals surface area contributed by atoms with E-state index in [0.717, 1.165) is 19.5 Å². The highest BCUT2D eigenvalue weighted by atomic mass is 35.5. The van der Waals surface area contributed by atoms with E-state index in [2.05, 4.69) is 10.0 Å². The molecule has 1 atom stereocenters. The maximum atomic E-state index is 12.2. The fourth-order valence-corrected chi connectivity index (χ4v) is 3.56. The second-order valence-electron chi connectivity index (χ2n) is 4.80. The molecule has 0 radical (unpaired) electrons. The Labute approximate surface area is 125 Å². The van der Waals surface area contributed by atoms with E-state index < -0.39 is 10.0 Å². The van der Waals surface area contributed by atoms with Crippen molar-refractivity contribution in [3.8, 4) is 6.07 Å². The summed E-state index contributed by atoms with van der Waals surface area (Å²) in [4.78, 5) is 0.248. The maximum absolute atomic E-state index is 12.2. The van der Waals surface area contributed by atoms with Crippen LogP contribution in [0.15, 0.2) is 23.1 Å². The van der Waals surface area contributed by atoms with Crippen LogP contribution in [-0.4, -0.2) is 28.1 Å². The largest absolute Gasteiger partial charge is 0.316 e. The van der Waals surface area contributed by atoms with Gasteiger partial charge in [-0.25, -0.2) is 13.1 Å². The molecule has 0 spiro atoms. The van der Waals surface area contributed by atoms with Crippen molar-refractivity contribution in [2.24, 2.45) is 5.92 Å². The Hall–Kier alpha value is -1.13. The number of halogens is 1. The molecule has 0 aliphatic carbocycles. The molecule has 1 aliphatic heterocycles. The van der Waals surface area contributed by atoms with Crippen molar-refractivity contribution in [1.82, 2.24) is 10.0 Å². The van der Waals surface area contributed by atoms with Gasteiger partial charge in [0.05, 0.1) is 16.5 Å². The van der Waals surface area contributed by atoms with Crippen LogP contribution in [0, 0.1) is 24.2 Å². The number of hydrogen-bond acceptors (Lipinski definition) is 4. The molecule has 2 rings (SSSR count). The summed E-state index contributed by atoms with van der Waals surface area (Å²) >= 11 is 0. The van der Waals surface area contributed by atoms with Gasteiger partial charge in [-0.1, -0.05) is 0 Å². The van der Waals surface area contributed by atoms with Gasteiger partial charge in [-0.3, -0.25) is 0 Å². The average molecular weight is 316 g/mol. The first-order valence-corrected chi connectivity index (χ1v) is 7.72. The molecule has 1 unspecified atom stereocenters. The van der Waals surface area contributed by atoms with Gasteiger partial charge in [0.15, 0.2) is 0 Å². The molecule has 1 aromatic carbocycles. The normalized spacial score (nSPS) is 18.3. The van der Waals surface area contributed by atoms with E-state index in [-0.39, 0.29) is 17.3 Å². The van der Waals surface area contributed by atoms with Crippen molar-refractivity contribution in [3.63, 3.8) is 0 Å². The quantitative estimate of drug-likeness (QED) is 0.874. The van der Waals surface area contributed by atoms with Crippen LogP contribution in [0.4, 0.5) is 0 Å². The minimum atomic E-state index is -3.49. The van der Waals surface area contributed by atoms with E-state index >= 15 is 0 Å². The topological polar surface area (TPSA) is 82.0 Å². The SMILES string of the molecule is Cc1cc(C#N)ccc1S(=O)(=O)NCC1CCNC1.Cl. The van der Waals surface area contributed by atoms with Gasteiger partial charge in [0, 0.05) is 6.54 Å². The summed E-state index contributed by atoms with van der Waals surface area (Å²) in [6.07, 6.45) is 0.995. The Bertz CT molecular complexity index is 605. The fraction of sp³-hybridized carbons (Fsp3) is 0.462. The van der Waals surface area contributed by atoms with Crippen molar-refractivity contribution in [1.29, 1.82) is 5.26 Å². The van der Waals surface area contributed by atoms with Gasteiger partial charge in [0.25, 0.3) is 0 Å². The summed E-state index contributed by atoms with van der Waals surface area (Å²) in [6, 6.07) is 6.60. The van der Waals surface area contributed by atoms with Crippen LogP contribution in [0.1, 0.15) is 17.5 Å². The van der Waals surface area contributed by atoms with Gasteiger partial charge in [-0.15, -0.1) is 12.4 Å². The fourth-order valence-electron chi connectivity index (χ4n) is 2.21. The van der Waals surface area contributed by atoms with Crippen molar-refractivity contribution in [3.05, 3.63) is 29.3 Å². The monoisotopic (exact) mass is 315 g/mol. The molecule has 2 N–H and O–H groups in total. The lowest BCUT2D eigenvalue weighted by atomic mass is 10.1. The number of nitriles is 1. The van der Waals surface area contributed by atoms with Gasteiger partial charge in [-0.2, -0.15) is 5.26 Å². The zero-order chi connectivity index (χ0) is 13.9. The van der Waals surface area contributed by atoms with Crippen LogP contribution in [0.2, 0.25) is 0 Å². The molecule has 0 bridgehead atoms. The highest BCUT2D eigenvalue weighted by Crippen LogP contribution is 2.17. The number of sulfonamides is 1. The molecule has 20 heavy (non-hydrogen) atoms. The van der Waals surface area contributed by atoms with E-state index in [0.29, 0.717) is 23.6 Å². The molecule has 110 valence electrons. The molecule has 5 nitrogen and oxygen atoms in total. The lowest BCUT2D eigenvalue weighted by molar-refractivity contribution is 0.538. The van der Waals surface area contributed by atoms with Crippen LogP contribution in [0.5, 0.6) is 0 Å². The number of nitrogens with zero attached hydrogens (tertiary/aromatic N) is 1. The summed E-state index contributed by atoms with van der Waals surface area (Å²) in [7, 11) is -3.49. The Morgan fingerprint density at radius 3 is 2.80 bits per heavy atom. The lowest BCUT2D eigenvalue weighted by Crippen LogP contribution is -2.30. The van der Waals surface area contributed by atoms with E-state index in [4.69, 9.17) is 5.26 Å². The van der Waals surface area contributed by atoms with Crippen molar-refractivity contribution < 1.29 is 8.42 Å². The van der Waals surface area contributed by atoms with Gasteiger partial charge in [0.2, 0.25) is 10.0 Å². The zero-order valence-electron chi connectivity index (χ0n) is 11.2. The third-order valence-electron chi connectivity index (χ3n) is 3.32. The van der Waals surface area contributed by atoms with Crippen LogP contribution in [-0.2, 0) is 10.0 Å². The number of rotatable bonds is 4. The van der Waals surface area contributed by atoms with Gasteiger partial charge in [-0.05, 0) is 56.1 Å². The van der Waals surface area contributed by atoms with Crippen LogP contribution < -0.4 is 10.0 Å². The van der Waals surface area contributed by atoms with E-state index in [1.807, 2.05) is 6.07 Å². The van der Waals surface area contributed by atoms with Crippen LogP contribution >= 0.6 is 12.4 Å². The number of aryl methyl sites for hydroxylation is 1. The molecule has 0 aromatic heterocycles. The molecular weight excluding hydrogens is 298 g/mol. The number of hydrogen-bond donors (Lipinski definition) is 2. The molecule has 1 saturated heterocycles. The molecule has 1 fully saturated rings. The van der Waals surface area contributed by atoms with Gasteiger partial charge in [0.1, 0.15) is 0 Å². The van der Waals surface area contributed by atoms with Crippen molar-refractivity contribution in [2.75, 3.05) is 19.6 Å². The van der Waals surface area contributed by atoms with E-state index in [1.165, 1.54) is 12.1 Å². The minimum Gasteiger partial charge on any atom is -0.316 e. The number of nitrogens with one attached hydrogen (secondary N) is 2. The third kappa shape index (κ3) is 3.93. The number of benzene rings is 1. The molecule has 0 saturated carbocycles. The Kier molecular flexibility index (Phi) is 5.96.